The summed E-state index contributed by atoms with van der Waals surface area (Å²) in [7, 11) is 1.56. The third-order valence-electron chi connectivity index (χ3n) is 1.89. The lowest BCUT2D eigenvalue weighted by Gasteiger charge is -2.09. The van der Waals surface area contributed by atoms with Crippen LogP contribution in [0.25, 0.3) is 0 Å². The number of carbonyl (C=O) groups excluding carboxylic acids is 1. The Kier molecular flexibility index (Phi) is 4.60. The van der Waals surface area contributed by atoms with E-state index in [4.69, 9.17) is 9.84 Å². The van der Waals surface area contributed by atoms with Crippen molar-refractivity contribution in [2.75, 3.05) is 19.0 Å². The summed E-state index contributed by atoms with van der Waals surface area (Å²) >= 11 is 0. The first-order valence-electron chi connectivity index (χ1n) is 4.99. The largest absolute Gasteiger partial charge is 0.497 e. The first-order valence-corrected chi connectivity index (χ1v) is 4.99. The van der Waals surface area contributed by atoms with Crippen molar-refractivity contribution in [3.05, 3.63) is 24.3 Å². The average Bonchev–Trinajstić information content (AvgIpc) is 2.26. The summed E-state index contributed by atoms with van der Waals surface area (Å²) in [5.74, 6) is 0.674. The van der Waals surface area contributed by atoms with Crippen molar-refractivity contribution in [2.24, 2.45) is 0 Å². The Morgan fingerprint density at radius 3 is 2.94 bits per heavy atom. The smallest absolute Gasteiger partial charge is 0.319 e. The molecule has 5 nitrogen and oxygen atoms in total. The zero-order valence-corrected chi connectivity index (χ0v) is 9.36. The van der Waals surface area contributed by atoms with E-state index in [1.807, 2.05) is 0 Å². The van der Waals surface area contributed by atoms with Crippen LogP contribution in [0.1, 0.15) is 6.92 Å². The number of aliphatic hydroxyl groups is 1. The second-order valence-corrected chi connectivity index (χ2v) is 3.42. The van der Waals surface area contributed by atoms with Gasteiger partial charge in [0, 0.05) is 18.3 Å². The van der Waals surface area contributed by atoms with Crippen LogP contribution in [0.15, 0.2) is 24.3 Å². The quantitative estimate of drug-likeness (QED) is 0.719. The molecule has 0 aliphatic heterocycles. The normalized spacial score (nSPS) is 11.7. The molecule has 0 unspecified atom stereocenters. The van der Waals surface area contributed by atoms with Gasteiger partial charge in [-0.05, 0) is 19.1 Å². The number of rotatable bonds is 4. The van der Waals surface area contributed by atoms with Crippen LogP contribution in [0.4, 0.5) is 10.5 Å². The van der Waals surface area contributed by atoms with Gasteiger partial charge < -0.3 is 20.5 Å². The first kappa shape index (κ1) is 12.3. The van der Waals surface area contributed by atoms with Gasteiger partial charge in [-0.2, -0.15) is 0 Å². The van der Waals surface area contributed by atoms with E-state index in [0.717, 1.165) is 0 Å². The summed E-state index contributed by atoms with van der Waals surface area (Å²) in [5, 5.41) is 14.1. The number of urea groups is 1. The number of benzene rings is 1. The van der Waals surface area contributed by atoms with Gasteiger partial charge in [-0.3, -0.25) is 0 Å². The van der Waals surface area contributed by atoms with Gasteiger partial charge in [0.15, 0.2) is 0 Å². The van der Waals surface area contributed by atoms with E-state index >= 15 is 0 Å². The molecule has 2 amide bonds. The molecule has 0 saturated heterocycles. The van der Waals surface area contributed by atoms with E-state index in [1.165, 1.54) is 0 Å². The molecule has 5 heteroatoms. The molecule has 1 aromatic rings. The SMILES string of the molecule is COc1cccc(NC(=O)NC[C@H](C)O)c1. The number of amides is 2. The predicted molar refractivity (Wildman–Crippen MR) is 61.7 cm³/mol. The van der Waals surface area contributed by atoms with Crippen molar-refractivity contribution in [3.8, 4) is 5.75 Å². The number of hydrogen-bond donors (Lipinski definition) is 3. The number of ether oxygens (including phenoxy) is 1. The molecule has 0 saturated carbocycles. The number of carbonyl (C=O) groups is 1. The molecular formula is C11H16N2O3. The molecule has 0 fully saturated rings. The van der Waals surface area contributed by atoms with E-state index in [0.29, 0.717) is 11.4 Å². The summed E-state index contributed by atoms with van der Waals surface area (Å²) in [6, 6.07) is 6.68. The van der Waals surface area contributed by atoms with Crippen LogP contribution < -0.4 is 15.4 Å². The highest BCUT2D eigenvalue weighted by Gasteiger charge is 2.03. The zero-order chi connectivity index (χ0) is 12.0. The Balaban J connectivity index is 2.49. The third-order valence-corrected chi connectivity index (χ3v) is 1.89. The van der Waals surface area contributed by atoms with Crippen molar-refractivity contribution in [2.45, 2.75) is 13.0 Å². The molecule has 16 heavy (non-hydrogen) atoms. The Morgan fingerprint density at radius 1 is 1.56 bits per heavy atom. The molecule has 0 aromatic heterocycles. The Bertz CT molecular complexity index is 353. The number of anilines is 1. The molecule has 0 spiro atoms. The lowest BCUT2D eigenvalue weighted by Crippen LogP contribution is -2.34. The molecule has 3 N–H and O–H groups in total. The van der Waals surface area contributed by atoms with Crippen molar-refractivity contribution in [3.63, 3.8) is 0 Å². The zero-order valence-electron chi connectivity index (χ0n) is 9.36. The van der Waals surface area contributed by atoms with Crippen molar-refractivity contribution < 1.29 is 14.6 Å². The molecule has 0 bridgehead atoms. The number of aliphatic hydroxyl groups excluding tert-OH is 1. The maximum absolute atomic E-state index is 11.3. The van der Waals surface area contributed by atoms with Gasteiger partial charge in [0.1, 0.15) is 5.75 Å². The fourth-order valence-corrected chi connectivity index (χ4v) is 1.12. The van der Waals surface area contributed by atoms with E-state index in [2.05, 4.69) is 10.6 Å². The maximum atomic E-state index is 11.3. The molecule has 0 aliphatic carbocycles. The summed E-state index contributed by atoms with van der Waals surface area (Å²) < 4.78 is 5.02. The van der Waals surface area contributed by atoms with E-state index in [-0.39, 0.29) is 12.6 Å². The molecule has 0 radical (unpaired) electrons. The minimum absolute atomic E-state index is 0.218. The van der Waals surface area contributed by atoms with Gasteiger partial charge in [-0.15, -0.1) is 0 Å². The Hall–Kier alpha value is -1.75. The first-order chi connectivity index (χ1) is 7.61. The van der Waals surface area contributed by atoms with Gasteiger partial charge in [-0.25, -0.2) is 4.79 Å². The standard InChI is InChI=1S/C11H16N2O3/c1-8(14)7-12-11(15)13-9-4-3-5-10(6-9)16-2/h3-6,8,14H,7H2,1-2H3,(H2,12,13,15)/t8-/m0/s1. The van der Waals surface area contributed by atoms with Crippen molar-refractivity contribution in [1.29, 1.82) is 0 Å². The van der Waals surface area contributed by atoms with Gasteiger partial charge >= 0.3 is 6.03 Å². The van der Waals surface area contributed by atoms with Gasteiger partial charge in [0.2, 0.25) is 0 Å². The lowest BCUT2D eigenvalue weighted by molar-refractivity contribution is 0.190. The van der Waals surface area contributed by atoms with E-state index in [1.54, 1.807) is 38.3 Å². The molecule has 1 aromatic carbocycles. The van der Waals surface area contributed by atoms with Gasteiger partial charge in [0.25, 0.3) is 0 Å². The van der Waals surface area contributed by atoms with Crippen LogP contribution in [0, 0.1) is 0 Å². The van der Waals surface area contributed by atoms with Crippen LogP contribution in [0.5, 0.6) is 5.75 Å². The Labute approximate surface area is 94.4 Å². The molecule has 1 atom stereocenters. The highest BCUT2D eigenvalue weighted by atomic mass is 16.5. The van der Waals surface area contributed by atoms with E-state index < -0.39 is 6.10 Å². The maximum Gasteiger partial charge on any atom is 0.319 e. The number of hydrogen-bond acceptors (Lipinski definition) is 3. The molecule has 1 rings (SSSR count). The van der Waals surface area contributed by atoms with Crippen molar-refractivity contribution in [1.82, 2.24) is 5.32 Å². The lowest BCUT2D eigenvalue weighted by atomic mass is 10.3. The summed E-state index contributed by atoms with van der Waals surface area (Å²) in [5.41, 5.74) is 0.641. The summed E-state index contributed by atoms with van der Waals surface area (Å²) in [6.07, 6.45) is -0.559. The predicted octanol–water partition coefficient (Wildman–Crippen LogP) is 1.20. The molecule has 88 valence electrons. The van der Waals surface area contributed by atoms with Crippen LogP contribution in [-0.4, -0.2) is 30.9 Å². The second-order valence-electron chi connectivity index (χ2n) is 3.42. The third kappa shape index (κ3) is 4.18. The summed E-state index contributed by atoms with van der Waals surface area (Å²) in [6.45, 7) is 1.82. The van der Waals surface area contributed by atoms with Crippen LogP contribution in [-0.2, 0) is 0 Å². The molecular weight excluding hydrogens is 208 g/mol. The number of nitrogens with one attached hydrogen (secondary N) is 2. The van der Waals surface area contributed by atoms with Crippen LogP contribution in [0.3, 0.4) is 0 Å². The highest BCUT2D eigenvalue weighted by molar-refractivity contribution is 5.89. The second kappa shape index (κ2) is 5.97. The van der Waals surface area contributed by atoms with Gasteiger partial charge in [0.05, 0.1) is 13.2 Å². The average molecular weight is 224 g/mol. The van der Waals surface area contributed by atoms with Crippen LogP contribution in [0.2, 0.25) is 0 Å². The monoisotopic (exact) mass is 224 g/mol. The highest BCUT2D eigenvalue weighted by Crippen LogP contribution is 2.16. The Morgan fingerprint density at radius 2 is 2.31 bits per heavy atom. The molecule has 0 heterocycles. The number of methoxy groups -OCH3 is 1. The fourth-order valence-electron chi connectivity index (χ4n) is 1.12. The van der Waals surface area contributed by atoms with Crippen molar-refractivity contribution >= 4 is 11.7 Å². The summed E-state index contributed by atoms with van der Waals surface area (Å²) in [4.78, 5) is 11.3. The fraction of sp³-hybridized carbons (Fsp3) is 0.364. The minimum Gasteiger partial charge on any atom is -0.497 e. The topological polar surface area (TPSA) is 70.6 Å². The van der Waals surface area contributed by atoms with E-state index in [9.17, 15) is 4.79 Å². The van der Waals surface area contributed by atoms with Crippen LogP contribution >= 0.6 is 0 Å². The minimum atomic E-state index is -0.559. The van der Waals surface area contributed by atoms with Gasteiger partial charge in [-0.1, -0.05) is 6.07 Å². The molecule has 0 aliphatic rings.